The van der Waals surface area contributed by atoms with Crippen molar-refractivity contribution in [3.8, 4) is 17.2 Å². The van der Waals surface area contributed by atoms with Crippen molar-refractivity contribution >= 4 is 34.3 Å². The average Bonchev–Trinajstić information content (AvgIpc) is 3.15. The van der Waals surface area contributed by atoms with E-state index < -0.39 is 24.2 Å². The fourth-order valence-corrected chi connectivity index (χ4v) is 4.38. The molecule has 3 aromatic carbocycles. The minimum Gasteiger partial charge on any atom is -0.497 e. The minimum absolute atomic E-state index is 0.0468. The van der Waals surface area contributed by atoms with Crippen LogP contribution in [0.25, 0.3) is 10.9 Å². The quantitative estimate of drug-likeness (QED) is 0.230. The third kappa shape index (κ3) is 6.12. The number of rotatable bonds is 9. The van der Waals surface area contributed by atoms with Crippen LogP contribution in [0.2, 0.25) is 5.02 Å². The van der Waals surface area contributed by atoms with Crippen LogP contribution in [0.3, 0.4) is 0 Å². The summed E-state index contributed by atoms with van der Waals surface area (Å²) in [7, 11) is 1.50. The second kappa shape index (κ2) is 10.9. The molecule has 11 heteroatoms. The number of carbonyl (C=O) groups is 2. The third-order valence-electron chi connectivity index (χ3n) is 6.12. The van der Waals surface area contributed by atoms with E-state index in [9.17, 15) is 22.8 Å². The lowest BCUT2D eigenvalue weighted by Crippen LogP contribution is -2.22. The van der Waals surface area contributed by atoms with Gasteiger partial charge in [-0.25, -0.2) is 4.79 Å². The van der Waals surface area contributed by atoms with Crippen LogP contribution in [0.15, 0.2) is 60.7 Å². The number of methoxy groups -OCH3 is 1. The number of ether oxygens (including phenoxy) is 3. The van der Waals surface area contributed by atoms with Gasteiger partial charge in [-0.15, -0.1) is 13.2 Å². The molecule has 39 heavy (non-hydrogen) atoms. The Bertz CT molecular complexity index is 1550. The van der Waals surface area contributed by atoms with Gasteiger partial charge in [-0.2, -0.15) is 0 Å². The molecule has 4 aromatic rings. The van der Waals surface area contributed by atoms with Crippen molar-refractivity contribution in [3.05, 3.63) is 88.1 Å². The number of alkyl halides is 3. The smallest absolute Gasteiger partial charge is 0.497 e. The van der Waals surface area contributed by atoms with Crippen molar-refractivity contribution < 1.29 is 42.1 Å². The number of aromatic nitrogens is 1. The molecule has 0 saturated carbocycles. The standard InChI is InChI=1S/C28H23ClF3NO6/c1-15-25(26(34)17-4-6-19(37-3)7-5-17)22-10-8-21(39-28(30,31)32)13-24(22)33(15)14-18-12-20(9-11-23(18)29)38-16(2)27(35)36/h4-13,16H,14H2,1-3H3,(H,35,36)/t16-/m1/s1. The SMILES string of the molecule is COc1ccc(C(=O)c2c(C)n(Cc3cc(O[C@H](C)C(=O)O)ccc3Cl)c3cc(OC(F)(F)F)ccc23)cc1. The molecule has 7 nitrogen and oxygen atoms in total. The topological polar surface area (TPSA) is 87.0 Å². The average molecular weight is 562 g/mol. The van der Waals surface area contributed by atoms with Crippen molar-refractivity contribution in [2.45, 2.75) is 32.9 Å². The van der Waals surface area contributed by atoms with Crippen LogP contribution in [0.4, 0.5) is 13.2 Å². The van der Waals surface area contributed by atoms with Crippen LogP contribution >= 0.6 is 11.6 Å². The van der Waals surface area contributed by atoms with Crippen LogP contribution in [0, 0.1) is 6.92 Å². The number of hydrogen-bond acceptors (Lipinski definition) is 5. The Morgan fingerprint density at radius 1 is 1.00 bits per heavy atom. The fraction of sp³-hybridized carbons (Fsp3) is 0.214. The van der Waals surface area contributed by atoms with Crippen molar-refractivity contribution in [2.24, 2.45) is 0 Å². The van der Waals surface area contributed by atoms with Crippen molar-refractivity contribution in [3.63, 3.8) is 0 Å². The van der Waals surface area contributed by atoms with Gasteiger partial charge in [-0.1, -0.05) is 11.6 Å². The molecule has 0 aliphatic carbocycles. The highest BCUT2D eigenvalue weighted by atomic mass is 35.5. The number of halogens is 4. The number of fused-ring (bicyclic) bond motifs is 1. The second-order valence-electron chi connectivity index (χ2n) is 8.68. The van der Waals surface area contributed by atoms with Gasteiger partial charge in [0.1, 0.15) is 17.2 Å². The Kier molecular flexibility index (Phi) is 7.78. The molecule has 0 unspecified atom stereocenters. The van der Waals surface area contributed by atoms with Gasteiger partial charge < -0.3 is 23.9 Å². The largest absolute Gasteiger partial charge is 0.573 e. The first-order valence-electron chi connectivity index (χ1n) is 11.6. The van der Waals surface area contributed by atoms with Gasteiger partial charge in [0.25, 0.3) is 0 Å². The van der Waals surface area contributed by atoms with Gasteiger partial charge in [0, 0.05) is 34.3 Å². The third-order valence-corrected chi connectivity index (χ3v) is 6.48. The zero-order chi connectivity index (χ0) is 28.5. The van der Waals surface area contributed by atoms with Gasteiger partial charge in [0.15, 0.2) is 11.9 Å². The molecule has 0 saturated heterocycles. The number of hydrogen-bond donors (Lipinski definition) is 1. The summed E-state index contributed by atoms with van der Waals surface area (Å²) >= 11 is 6.42. The molecular weight excluding hydrogens is 539 g/mol. The van der Waals surface area contributed by atoms with Crippen molar-refractivity contribution in [1.82, 2.24) is 4.57 Å². The molecular formula is C28H23ClF3NO6. The first-order chi connectivity index (χ1) is 18.4. The lowest BCUT2D eigenvalue weighted by atomic mass is 10.0. The molecule has 1 heterocycles. The second-order valence-corrected chi connectivity index (χ2v) is 9.09. The molecule has 1 atom stereocenters. The number of carboxylic acids is 1. The zero-order valence-electron chi connectivity index (χ0n) is 21.0. The Balaban J connectivity index is 1.84. The zero-order valence-corrected chi connectivity index (χ0v) is 21.8. The molecule has 204 valence electrons. The summed E-state index contributed by atoms with van der Waals surface area (Å²) in [5.41, 5.74) is 1.96. The maximum absolute atomic E-state index is 13.6. The van der Waals surface area contributed by atoms with Gasteiger partial charge in [0.2, 0.25) is 0 Å². The van der Waals surface area contributed by atoms with E-state index in [0.717, 1.165) is 6.07 Å². The summed E-state index contributed by atoms with van der Waals surface area (Å²) in [4.78, 5) is 24.8. The van der Waals surface area contributed by atoms with E-state index in [0.29, 0.717) is 44.1 Å². The van der Waals surface area contributed by atoms with Crippen molar-refractivity contribution in [2.75, 3.05) is 7.11 Å². The van der Waals surface area contributed by atoms with Crippen LogP contribution in [0.5, 0.6) is 17.2 Å². The van der Waals surface area contributed by atoms with Crippen LogP contribution in [-0.4, -0.2) is 41.0 Å². The number of nitrogens with zero attached hydrogens (tertiary/aromatic N) is 1. The molecule has 1 aromatic heterocycles. The van der Waals surface area contributed by atoms with Gasteiger partial charge >= 0.3 is 12.3 Å². The van der Waals surface area contributed by atoms with E-state index in [-0.39, 0.29) is 18.1 Å². The predicted molar refractivity (Wildman–Crippen MR) is 138 cm³/mol. The lowest BCUT2D eigenvalue weighted by Gasteiger charge is -2.15. The number of aliphatic carboxylic acids is 1. The summed E-state index contributed by atoms with van der Waals surface area (Å²) in [6, 6.07) is 14.9. The van der Waals surface area contributed by atoms with E-state index in [1.54, 1.807) is 41.8 Å². The maximum Gasteiger partial charge on any atom is 0.573 e. The molecule has 0 spiro atoms. The molecule has 0 aliphatic rings. The number of ketones is 1. The summed E-state index contributed by atoms with van der Waals surface area (Å²) in [5.74, 6) is -1.13. The number of carboxylic acid groups (broad SMARTS) is 1. The predicted octanol–water partition coefficient (Wildman–Crippen LogP) is 6.64. The van der Waals surface area contributed by atoms with Gasteiger partial charge in [-0.05, 0) is 74.0 Å². The summed E-state index contributed by atoms with van der Waals surface area (Å²) in [6.07, 6.45) is -6.03. The van der Waals surface area contributed by atoms with Gasteiger partial charge in [0.05, 0.1) is 18.2 Å². The van der Waals surface area contributed by atoms with Crippen LogP contribution < -0.4 is 14.2 Å². The number of benzene rings is 3. The first kappa shape index (κ1) is 27.8. The first-order valence-corrected chi connectivity index (χ1v) is 12.0. The van der Waals surface area contributed by atoms with E-state index >= 15 is 0 Å². The van der Waals surface area contributed by atoms with Crippen molar-refractivity contribution in [1.29, 1.82) is 0 Å². The molecule has 0 radical (unpaired) electrons. The van der Waals surface area contributed by atoms with Gasteiger partial charge in [-0.3, -0.25) is 4.79 Å². The highest BCUT2D eigenvalue weighted by Gasteiger charge is 2.32. The molecule has 1 N–H and O–H groups in total. The minimum atomic E-state index is -4.91. The summed E-state index contributed by atoms with van der Waals surface area (Å²) < 4.78 is 55.3. The van der Waals surface area contributed by atoms with E-state index in [2.05, 4.69) is 4.74 Å². The molecule has 0 bridgehead atoms. The molecule has 4 rings (SSSR count). The van der Waals surface area contributed by atoms with Crippen LogP contribution in [0.1, 0.15) is 34.1 Å². The van der Waals surface area contributed by atoms with E-state index in [1.165, 1.54) is 38.3 Å². The fourth-order valence-electron chi connectivity index (χ4n) is 4.20. The molecule has 0 amide bonds. The maximum atomic E-state index is 13.6. The Labute approximate surface area is 226 Å². The lowest BCUT2D eigenvalue weighted by molar-refractivity contribution is -0.274. The molecule has 0 fully saturated rings. The Morgan fingerprint density at radius 3 is 2.26 bits per heavy atom. The Hall–Kier alpha value is -4.18. The van der Waals surface area contributed by atoms with E-state index in [4.69, 9.17) is 26.2 Å². The van der Waals surface area contributed by atoms with Crippen LogP contribution in [-0.2, 0) is 11.3 Å². The highest BCUT2D eigenvalue weighted by molar-refractivity contribution is 6.31. The number of carbonyl (C=O) groups excluding carboxylic acids is 1. The monoisotopic (exact) mass is 561 g/mol. The van der Waals surface area contributed by atoms with E-state index in [1.807, 2.05) is 0 Å². The molecule has 0 aliphatic heterocycles. The highest BCUT2D eigenvalue weighted by Crippen LogP contribution is 2.35. The summed E-state index contributed by atoms with van der Waals surface area (Å²) in [5, 5.41) is 9.89. The normalized spacial score (nSPS) is 12.3. The Morgan fingerprint density at radius 2 is 1.64 bits per heavy atom. The summed E-state index contributed by atoms with van der Waals surface area (Å²) in [6.45, 7) is 3.10.